The minimum Gasteiger partial charge on any atom is -0.492 e. The molecule has 0 unspecified atom stereocenters. The molecule has 2 aliphatic rings. The fraction of sp³-hybridized carbons (Fsp3) is 0.417. The van der Waals surface area contributed by atoms with Crippen molar-refractivity contribution in [3.8, 4) is 11.8 Å². The third kappa shape index (κ3) is 0.899. The van der Waals surface area contributed by atoms with Crippen LogP contribution >= 0.6 is 0 Å². The Morgan fingerprint density at radius 2 is 2.14 bits per heavy atom. The van der Waals surface area contributed by atoms with Crippen LogP contribution in [0.3, 0.4) is 0 Å². The Kier molecular flexibility index (Phi) is 1.55. The first kappa shape index (κ1) is 7.87. The molecule has 0 N–H and O–H groups in total. The van der Waals surface area contributed by atoms with Crippen molar-refractivity contribution in [3.63, 3.8) is 0 Å². The van der Waals surface area contributed by atoms with Gasteiger partial charge in [0.1, 0.15) is 11.8 Å². The highest BCUT2D eigenvalue weighted by molar-refractivity contribution is 5.59. The molecule has 1 heterocycles. The van der Waals surface area contributed by atoms with Crippen molar-refractivity contribution in [2.45, 2.75) is 25.7 Å². The van der Waals surface area contributed by atoms with Gasteiger partial charge in [0, 0.05) is 6.42 Å². The minimum absolute atomic E-state index is 0.743. The zero-order chi connectivity index (χ0) is 9.54. The Labute approximate surface area is 83.1 Å². The predicted molar refractivity (Wildman–Crippen MR) is 52.4 cm³/mol. The van der Waals surface area contributed by atoms with Gasteiger partial charge in [-0.1, -0.05) is 6.07 Å². The first-order valence-electron chi connectivity index (χ1n) is 5.10. The molecule has 70 valence electrons. The van der Waals surface area contributed by atoms with Gasteiger partial charge in [0.15, 0.2) is 0 Å². The lowest BCUT2D eigenvalue weighted by atomic mass is 9.98. The van der Waals surface area contributed by atoms with Crippen molar-refractivity contribution in [2.24, 2.45) is 0 Å². The zero-order valence-electron chi connectivity index (χ0n) is 7.97. The van der Waals surface area contributed by atoms with E-state index in [4.69, 9.17) is 10.00 Å². The van der Waals surface area contributed by atoms with Crippen molar-refractivity contribution < 1.29 is 4.74 Å². The van der Waals surface area contributed by atoms with E-state index in [9.17, 15) is 0 Å². The molecule has 0 amide bonds. The van der Waals surface area contributed by atoms with Gasteiger partial charge in [-0.05, 0) is 36.0 Å². The van der Waals surface area contributed by atoms with Gasteiger partial charge in [0.25, 0.3) is 0 Å². The minimum atomic E-state index is 0.743. The molecule has 3 rings (SSSR count). The SMILES string of the molecule is N#Cc1c2c(cc3c1OCC3)CCC2. The summed E-state index contributed by atoms with van der Waals surface area (Å²) in [5.74, 6) is 0.869. The number of fused-ring (bicyclic) bond motifs is 2. The molecule has 0 fully saturated rings. The van der Waals surface area contributed by atoms with Crippen LogP contribution in [0.4, 0.5) is 0 Å². The van der Waals surface area contributed by atoms with Crippen LogP contribution in [0, 0.1) is 11.3 Å². The Morgan fingerprint density at radius 3 is 3.00 bits per heavy atom. The second-order valence-corrected chi connectivity index (χ2v) is 3.94. The third-order valence-electron chi connectivity index (χ3n) is 3.16. The Bertz CT molecular complexity index is 410. The lowest BCUT2D eigenvalue weighted by Gasteiger charge is -2.07. The quantitative estimate of drug-likeness (QED) is 0.619. The van der Waals surface area contributed by atoms with Gasteiger partial charge in [-0.2, -0.15) is 5.26 Å². The fourth-order valence-corrected chi connectivity index (χ4v) is 2.52. The molecule has 0 radical (unpaired) electrons. The fourth-order valence-electron chi connectivity index (χ4n) is 2.52. The van der Waals surface area contributed by atoms with Crippen molar-refractivity contribution in [1.29, 1.82) is 5.26 Å². The van der Waals surface area contributed by atoms with Crippen LogP contribution in [-0.2, 0) is 19.3 Å². The first-order valence-corrected chi connectivity index (χ1v) is 5.10. The van der Waals surface area contributed by atoms with Crippen LogP contribution < -0.4 is 4.74 Å². The molecule has 14 heavy (non-hydrogen) atoms. The van der Waals surface area contributed by atoms with E-state index in [0.29, 0.717) is 0 Å². The molecule has 0 spiro atoms. The smallest absolute Gasteiger partial charge is 0.140 e. The number of hydrogen-bond acceptors (Lipinski definition) is 2. The number of rotatable bonds is 0. The lowest BCUT2D eigenvalue weighted by Crippen LogP contribution is -1.94. The van der Waals surface area contributed by atoms with Gasteiger partial charge >= 0.3 is 0 Å². The summed E-state index contributed by atoms with van der Waals surface area (Å²) in [7, 11) is 0. The van der Waals surface area contributed by atoms with E-state index < -0.39 is 0 Å². The maximum absolute atomic E-state index is 9.14. The van der Waals surface area contributed by atoms with Crippen LogP contribution in [0.15, 0.2) is 6.07 Å². The van der Waals surface area contributed by atoms with Crippen LogP contribution in [-0.4, -0.2) is 6.61 Å². The Hall–Kier alpha value is -1.49. The summed E-state index contributed by atoms with van der Waals surface area (Å²) in [5, 5.41) is 9.14. The summed E-state index contributed by atoms with van der Waals surface area (Å²) in [5.41, 5.74) is 4.67. The Morgan fingerprint density at radius 1 is 1.21 bits per heavy atom. The maximum Gasteiger partial charge on any atom is 0.140 e. The van der Waals surface area contributed by atoms with Gasteiger partial charge < -0.3 is 4.74 Å². The van der Waals surface area contributed by atoms with E-state index in [1.54, 1.807) is 0 Å². The number of hydrogen-bond donors (Lipinski definition) is 0. The molecule has 1 aromatic rings. The first-order chi connectivity index (χ1) is 6.90. The van der Waals surface area contributed by atoms with E-state index in [0.717, 1.165) is 37.2 Å². The highest BCUT2D eigenvalue weighted by atomic mass is 16.5. The standard InChI is InChI=1S/C12H11NO/c13-7-11-10-3-1-2-8(10)6-9-4-5-14-12(9)11/h6H,1-5H2. The normalized spacial score (nSPS) is 17.1. The number of nitriles is 1. The van der Waals surface area contributed by atoms with Crippen LogP contribution in [0.2, 0.25) is 0 Å². The summed E-state index contributed by atoms with van der Waals surface area (Å²) >= 11 is 0. The largest absolute Gasteiger partial charge is 0.492 e. The van der Waals surface area contributed by atoms with E-state index >= 15 is 0 Å². The van der Waals surface area contributed by atoms with E-state index in [-0.39, 0.29) is 0 Å². The summed E-state index contributed by atoms with van der Waals surface area (Å²) in [6.07, 6.45) is 4.34. The number of aryl methyl sites for hydroxylation is 1. The highest BCUT2D eigenvalue weighted by Gasteiger charge is 2.24. The molecule has 0 saturated carbocycles. The van der Waals surface area contributed by atoms with Crippen molar-refractivity contribution in [2.75, 3.05) is 6.61 Å². The molecule has 0 aromatic heterocycles. The second kappa shape index (κ2) is 2.75. The highest BCUT2D eigenvalue weighted by Crippen LogP contribution is 2.37. The van der Waals surface area contributed by atoms with Gasteiger partial charge in [0.2, 0.25) is 0 Å². The summed E-state index contributed by atoms with van der Waals surface area (Å²) in [6, 6.07) is 4.54. The van der Waals surface area contributed by atoms with Crippen LogP contribution in [0.1, 0.15) is 28.7 Å². The monoisotopic (exact) mass is 185 g/mol. The van der Waals surface area contributed by atoms with Gasteiger partial charge in [-0.25, -0.2) is 0 Å². The lowest BCUT2D eigenvalue weighted by molar-refractivity contribution is 0.355. The molecule has 0 saturated heterocycles. The van der Waals surface area contributed by atoms with Crippen molar-refractivity contribution >= 4 is 0 Å². The molecular weight excluding hydrogens is 174 g/mol. The van der Waals surface area contributed by atoms with Gasteiger partial charge in [-0.15, -0.1) is 0 Å². The third-order valence-corrected chi connectivity index (χ3v) is 3.16. The number of nitrogens with zero attached hydrogens (tertiary/aromatic N) is 1. The molecular formula is C12H11NO. The number of benzene rings is 1. The maximum atomic E-state index is 9.14. The topological polar surface area (TPSA) is 33.0 Å². The van der Waals surface area contributed by atoms with Crippen molar-refractivity contribution in [1.82, 2.24) is 0 Å². The predicted octanol–water partition coefficient (Wildman–Crippen LogP) is 1.98. The molecule has 1 aliphatic carbocycles. The molecule has 2 nitrogen and oxygen atoms in total. The van der Waals surface area contributed by atoms with E-state index in [2.05, 4.69) is 12.1 Å². The molecule has 1 aromatic carbocycles. The van der Waals surface area contributed by atoms with Crippen molar-refractivity contribution in [3.05, 3.63) is 28.3 Å². The van der Waals surface area contributed by atoms with Gasteiger partial charge in [-0.3, -0.25) is 0 Å². The average molecular weight is 185 g/mol. The molecule has 2 heteroatoms. The van der Waals surface area contributed by atoms with Gasteiger partial charge in [0.05, 0.1) is 12.2 Å². The van der Waals surface area contributed by atoms with E-state index in [1.807, 2.05) is 0 Å². The zero-order valence-corrected chi connectivity index (χ0v) is 7.97. The average Bonchev–Trinajstić information content (AvgIpc) is 2.80. The summed E-state index contributed by atoms with van der Waals surface area (Å²) in [6.45, 7) is 0.743. The molecule has 0 bridgehead atoms. The summed E-state index contributed by atoms with van der Waals surface area (Å²) < 4.78 is 5.52. The second-order valence-electron chi connectivity index (χ2n) is 3.94. The van der Waals surface area contributed by atoms with Crippen LogP contribution in [0.25, 0.3) is 0 Å². The summed E-state index contributed by atoms with van der Waals surface area (Å²) in [4.78, 5) is 0. The Balaban J connectivity index is 2.30. The van der Waals surface area contributed by atoms with Crippen LogP contribution in [0.5, 0.6) is 5.75 Å². The number of ether oxygens (including phenoxy) is 1. The molecule has 1 aliphatic heterocycles. The molecule has 0 atom stereocenters. The van der Waals surface area contributed by atoms with E-state index in [1.165, 1.54) is 23.1 Å².